The van der Waals surface area contributed by atoms with Gasteiger partial charge in [0, 0.05) is 12.6 Å². The van der Waals surface area contributed by atoms with E-state index in [0.717, 1.165) is 24.0 Å². The molecular formula is C14H26N4O2. The molecule has 114 valence electrons. The molecule has 0 aromatic carbocycles. The van der Waals surface area contributed by atoms with E-state index in [9.17, 15) is 5.21 Å². The van der Waals surface area contributed by atoms with Gasteiger partial charge in [0.25, 0.3) is 0 Å². The Labute approximate surface area is 120 Å². The van der Waals surface area contributed by atoms with Crippen LogP contribution in [0.3, 0.4) is 0 Å². The first-order valence-electron chi connectivity index (χ1n) is 7.41. The lowest BCUT2D eigenvalue weighted by atomic mass is 10.2. The number of nitrogens with zero attached hydrogens (tertiary/aromatic N) is 3. The van der Waals surface area contributed by atoms with E-state index in [1.54, 1.807) is 6.07 Å². The van der Waals surface area contributed by atoms with E-state index >= 15 is 0 Å². The summed E-state index contributed by atoms with van der Waals surface area (Å²) in [5.41, 5.74) is 6.01. The number of nitrogen functional groups attached to an aromatic ring is 1. The molecule has 0 radical (unpaired) electrons. The number of hydrogen-bond donors (Lipinski definition) is 2. The summed E-state index contributed by atoms with van der Waals surface area (Å²) in [5, 5.41) is 9.77. The lowest BCUT2D eigenvalue weighted by Crippen LogP contribution is -2.24. The molecule has 0 bridgehead atoms. The lowest BCUT2D eigenvalue weighted by Gasteiger charge is -2.07. The number of anilines is 1. The first-order valence-corrected chi connectivity index (χ1v) is 7.41. The van der Waals surface area contributed by atoms with Crippen molar-refractivity contribution in [3.05, 3.63) is 11.6 Å². The molecule has 20 heavy (non-hydrogen) atoms. The fourth-order valence-electron chi connectivity index (χ4n) is 1.78. The molecule has 6 heteroatoms. The zero-order valence-corrected chi connectivity index (χ0v) is 12.5. The Kier molecular flexibility index (Phi) is 7.54. The third-order valence-corrected chi connectivity index (χ3v) is 2.90. The van der Waals surface area contributed by atoms with Gasteiger partial charge >= 0.3 is 0 Å². The molecule has 0 aliphatic carbocycles. The Morgan fingerprint density at radius 3 is 2.70 bits per heavy atom. The molecule has 1 aromatic rings. The summed E-state index contributed by atoms with van der Waals surface area (Å²) in [7, 11) is 0. The second-order valence-corrected chi connectivity index (χ2v) is 4.77. The molecule has 0 fully saturated rings. The highest BCUT2D eigenvalue weighted by Gasteiger charge is 2.03. The third kappa shape index (κ3) is 5.50. The van der Waals surface area contributed by atoms with Crippen LogP contribution in [0.25, 0.3) is 0 Å². The Balaban J connectivity index is 2.64. The topological polar surface area (TPSA) is 85.7 Å². The normalized spacial score (nSPS) is 11.8. The van der Waals surface area contributed by atoms with Crippen LogP contribution >= 0.6 is 0 Å². The first-order chi connectivity index (χ1) is 9.69. The molecule has 0 saturated carbocycles. The van der Waals surface area contributed by atoms with E-state index in [1.165, 1.54) is 19.3 Å². The second kappa shape index (κ2) is 9.23. The van der Waals surface area contributed by atoms with Crippen LogP contribution in [0.2, 0.25) is 0 Å². The maximum absolute atomic E-state index is 9.77. The molecule has 0 amide bonds. The number of nitrogens with two attached hydrogens (primary N) is 1. The highest BCUT2D eigenvalue weighted by atomic mass is 16.5. The van der Waals surface area contributed by atoms with E-state index in [4.69, 9.17) is 10.5 Å². The van der Waals surface area contributed by atoms with Crippen LogP contribution in [-0.2, 0) is 0 Å². The van der Waals surface area contributed by atoms with Crippen LogP contribution in [0.4, 0.5) is 5.95 Å². The van der Waals surface area contributed by atoms with Crippen LogP contribution in [-0.4, -0.2) is 28.1 Å². The third-order valence-electron chi connectivity index (χ3n) is 2.90. The van der Waals surface area contributed by atoms with Crippen LogP contribution < -0.4 is 16.0 Å². The second-order valence-electron chi connectivity index (χ2n) is 4.77. The largest absolute Gasteiger partial charge is 0.477 e. The van der Waals surface area contributed by atoms with Gasteiger partial charge in [-0.3, -0.25) is 4.99 Å². The standard InChI is InChI=1S/C14H26N4O2/c1-3-5-6-7-8-9-16-12-11-13(20-10-4-2)17-14(15)18(12)19/h11,19H,3-10H2,1-2H3,(H2,15,17). The van der Waals surface area contributed by atoms with E-state index in [1.807, 2.05) is 6.92 Å². The van der Waals surface area contributed by atoms with Gasteiger partial charge in [-0.05, 0) is 12.8 Å². The predicted molar refractivity (Wildman–Crippen MR) is 78.8 cm³/mol. The molecule has 1 aromatic heterocycles. The van der Waals surface area contributed by atoms with Crippen LogP contribution in [0.1, 0.15) is 52.4 Å². The summed E-state index contributed by atoms with van der Waals surface area (Å²) in [6, 6.07) is 1.61. The molecule has 3 N–H and O–H groups in total. The van der Waals surface area contributed by atoms with Crippen molar-refractivity contribution in [1.82, 2.24) is 9.71 Å². The average Bonchev–Trinajstić information content (AvgIpc) is 2.45. The van der Waals surface area contributed by atoms with Gasteiger partial charge in [0.05, 0.1) is 6.61 Å². The van der Waals surface area contributed by atoms with Gasteiger partial charge in [-0.15, -0.1) is 4.73 Å². The van der Waals surface area contributed by atoms with Crippen LogP contribution in [0.15, 0.2) is 11.1 Å². The number of aromatic nitrogens is 2. The summed E-state index contributed by atoms with van der Waals surface area (Å²) in [5.74, 6) is 0.391. The SMILES string of the molecule is CCCCCCCN=c1cc(OCCC)nc(N)n1O. The van der Waals surface area contributed by atoms with Gasteiger partial charge < -0.3 is 15.7 Å². The van der Waals surface area contributed by atoms with Crippen molar-refractivity contribution in [2.75, 3.05) is 18.9 Å². The lowest BCUT2D eigenvalue weighted by molar-refractivity contribution is 0.172. The maximum Gasteiger partial charge on any atom is 0.239 e. The highest BCUT2D eigenvalue weighted by molar-refractivity contribution is 5.21. The molecule has 0 aliphatic rings. The fraction of sp³-hybridized carbons (Fsp3) is 0.714. The van der Waals surface area contributed by atoms with Gasteiger partial charge in [-0.2, -0.15) is 4.98 Å². The zero-order valence-electron chi connectivity index (χ0n) is 12.5. The summed E-state index contributed by atoms with van der Waals surface area (Å²) in [4.78, 5) is 8.29. The van der Waals surface area contributed by atoms with E-state index in [2.05, 4.69) is 16.9 Å². The van der Waals surface area contributed by atoms with Crippen molar-refractivity contribution in [2.45, 2.75) is 52.4 Å². The Morgan fingerprint density at radius 1 is 1.25 bits per heavy atom. The molecule has 6 nitrogen and oxygen atoms in total. The Morgan fingerprint density at radius 2 is 2.00 bits per heavy atom. The molecule has 0 spiro atoms. The number of ether oxygens (including phenoxy) is 1. The Hall–Kier alpha value is -1.72. The van der Waals surface area contributed by atoms with Crippen molar-refractivity contribution in [1.29, 1.82) is 0 Å². The Bertz CT molecular complexity index is 457. The molecule has 0 saturated heterocycles. The van der Waals surface area contributed by atoms with Gasteiger partial charge in [0.1, 0.15) is 0 Å². The van der Waals surface area contributed by atoms with E-state index in [-0.39, 0.29) is 5.95 Å². The van der Waals surface area contributed by atoms with Crippen LogP contribution in [0, 0.1) is 0 Å². The van der Waals surface area contributed by atoms with Crippen molar-refractivity contribution in [3.8, 4) is 5.88 Å². The minimum Gasteiger partial charge on any atom is -0.477 e. The summed E-state index contributed by atoms with van der Waals surface area (Å²) in [6.07, 6.45) is 6.77. The molecular weight excluding hydrogens is 256 g/mol. The number of unbranched alkanes of at least 4 members (excludes halogenated alkanes) is 4. The first kappa shape index (κ1) is 16.3. The minimum atomic E-state index is -0.0108. The van der Waals surface area contributed by atoms with Crippen LogP contribution in [0.5, 0.6) is 5.88 Å². The molecule has 1 rings (SSSR count). The fourth-order valence-corrected chi connectivity index (χ4v) is 1.78. The van der Waals surface area contributed by atoms with Gasteiger partial charge in [-0.1, -0.05) is 39.5 Å². The molecule has 0 unspecified atom stereocenters. The molecule has 0 atom stereocenters. The minimum absolute atomic E-state index is 0.0108. The molecule has 0 aliphatic heterocycles. The number of rotatable bonds is 9. The van der Waals surface area contributed by atoms with E-state index < -0.39 is 0 Å². The maximum atomic E-state index is 9.77. The van der Waals surface area contributed by atoms with E-state index in [0.29, 0.717) is 24.5 Å². The van der Waals surface area contributed by atoms with Gasteiger partial charge in [-0.25, -0.2) is 0 Å². The monoisotopic (exact) mass is 282 g/mol. The average molecular weight is 282 g/mol. The summed E-state index contributed by atoms with van der Waals surface area (Å²) >= 11 is 0. The highest BCUT2D eigenvalue weighted by Crippen LogP contribution is 2.05. The summed E-state index contributed by atoms with van der Waals surface area (Å²) < 4.78 is 6.21. The molecule has 1 heterocycles. The summed E-state index contributed by atoms with van der Waals surface area (Å²) in [6.45, 7) is 5.44. The smallest absolute Gasteiger partial charge is 0.239 e. The predicted octanol–water partition coefficient (Wildman–Crippen LogP) is 2.36. The van der Waals surface area contributed by atoms with Crippen molar-refractivity contribution >= 4 is 5.95 Å². The number of hydrogen-bond acceptors (Lipinski definition) is 5. The zero-order chi connectivity index (χ0) is 14.8. The van der Waals surface area contributed by atoms with Gasteiger partial charge in [0.15, 0.2) is 5.49 Å². The van der Waals surface area contributed by atoms with Crippen molar-refractivity contribution < 1.29 is 9.94 Å². The van der Waals surface area contributed by atoms with Crippen molar-refractivity contribution in [3.63, 3.8) is 0 Å². The van der Waals surface area contributed by atoms with Gasteiger partial charge in [0.2, 0.25) is 11.8 Å². The quantitative estimate of drug-likeness (QED) is 0.538. The van der Waals surface area contributed by atoms with Crippen molar-refractivity contribution in [2.24, 2.45) is 4.99 Å².